The van der Waals surface area contributed by atoms with E-state index in [0.29, 0.717) is 10.8 Å². The third-order valence-electron chi connectivity index (χ3n) is 6.42. The van der Waals surface area contributed by atoms with E-state index in [2.05, 4.69) is 41.5 Å². The summed E-state index contributed by atoms with van der Waals surface area (Å²) in [5.41, 5.74) is 7.91. The first kappa shape index (κ1) is 19.8. The van der Waals surface area contributed by atoms with E-state index in [9.17, 15) is 0 Å². The lowest BCUT2D eigenvalue weighted by Gasteiger charge is -2.30. The predicted molar refractivity (Wildman–Crippen MR) is 108 cm³/mol. The van der Waals surface area contributed by atoms with Gasteiger partial charge in [0.05, 0.1) is 0 Å². The number of hydrogen-bond acceptors (Lipinski definition) is 0. The van der Waals surface area contributed by atoms with Crippen LogP contribution in [0.2, 0.25) is 0 Å². The largest absolute Gasteiger partial charge is 0.0683 e. The minimum atomic E-state index is 0.338. The summed E-state index contributed by atoms with van der Waals surface area (Å²) in [6.07, 6.45) is 11.5. The Morgan fingerprint density at radius 3 is 1.79 bits per heavy atom. The Morgan fingerprint density at radius 1 is 0.708 bits per heavy atom. The Bertz CT molecular complexity index is 501. The Balaban J connectivity index is 0.00000100. The molecule has 3 rings (SSSR count). The molecule has 2 saturated carbocycles. The van der Waals surface area contributed by atoms with Crippen molar-refractivity contribution in [3.63, 3.8) is 0 Å². The van der Waals surface area contributed by atoms with Crippen LogP contribution in [0.4, 0.5) is 0 Å². The highest BCUT2D eigenvalue weighted by Crippen LogP contribution is 2.58. The standard InChI is InChI=1S/C22H36.C2H6/c1-21(2,3)18-14-19(22(4,5)6)20-16-12-10-8-7-9-11-15(16)13-17(18)20;1-2/h15-16H,7-14H2,1-6H3;1-2H3. The molecule has 2 unspecified atom stereocenters. The van der Waals surface area contributed by atoms with E-state index < -0.39 is 0 Å². The predicted octanol–water partition coefficient (Wildman–Crippen LogP) is 8.09. The van der Waals surface area contributed by atoms with E-state index in [1.54, 1.807) is 11.1 Å². The molecule has 3 aliphatic rings. The molecule has 2 fully saturated rings. The Morgan fingerprint density at radius 2 is 1.25 bits per heavy atom. The van der Waals surface area contributed by atoms with E-state index in [1.165, 1.54) is 51.4 Å². The molecular formula is C24H42. The van der Waals surface area contributed by atoms with Gasteiger partial charge in [-0.15, -0.1) is 0 Å². The molecule has 24 heavy (non-hydrogen) atoms. The monoisotopic (exact) mass is 330 g/mol. The highest BCUT2D eigenvalue weighted by Gasteiger charge is 2.44. The summed E-state index contributed by atoms with van der Waals surface area (Å²) >= 11 is 0. The molecule has 0 amide bonds. The van der Waals surface area contributed by atoms with Crippen molar-refractivity contribution in [2.45, 2.75) is 107 Å². The first-order valence-corrected chi connectivity index (χ1v) is 10.7. The van der Waals surface area contributed by atoms with Gasteiger partial charge >= 0.3 is 0 Å². The van der Waals surface area contributed by atoms with Crippen molar-refractivity contribution in [2.24, 2.45) is 22.7 Å². The average molecular weight is 331 g/mol. The lowest BCUT2D eigenvalue weighted by molar-refractivity contribution is 0.321. The molecule has 0 radical (unpaired) electrons. The van der Waals surface area contributed by atoms with Crippen LogP contribution in [0.15, 0.2) is 22.3 Å². The molecule has 0 nitrogen and oxygen atoms in total. The Labute approximate surface area is 152 Å². The van der Waals surface area contributed by atoms with Crippen LogP contribution >= 0.6 is 0 Å². The fraction of sp³-hybridized carbons (Fsp3) is 0.833. The van der Waals surface area contributed by atoms with E-state index in [-0.39, 0.29) is 0 Å². The number of fused-ring (bicyclic) bond motifs is 3. The summed E-state index contributed by atoms with van der Waals surface area (Å²) in [7, 11) is 0. The summed E-state index contributed by atoms with van der Waals surface area (Å²) in [6, 6.07) is 0. The molecule has 0 saturated heterocycles. The van der Waals surface area contributed by atoms with Gasteiger partial charge in [-0.25, -0.2) is 0 Å². The molecule has 0 aromatic heterocycles. The van der Waals surface area contributed by atoms with Crippen LogP contribution < -0.4 is 0 Å². The van der Waals surface area contributed by atoms with Gasteiger partial charge in [-0.05, 0) is 59.5 Å². The molecule has 0 aromatic rings. The number of allylic oxidation sites excluding steroid dienone is 4. The van der Waals surface area contributed by atoms with Gasteiger partial charge in [0.25, 0.3) is 0 Å². The summed E-state index contributed by atoms with van der Waals surface area (Å²) in [5.74, 6) is 1.85. The minimum Gasteiger partial charge on any atom is -0.0683 e. The van der Waals surface area contributed by atoms with Gasteiger partial charge in [-0.1, -0.05) is 92.2 Å². The molecule has 0 spiro atoms. The molecule has 0 bridgehead atoms. The SMILES string of the molecule is CC.CC(C)(C)C1=C2CC3CCCCCCC3C2=C(C(C)(C)C)C1. The number of hydrogen-bond donors (Lipinski definition) is 0. The van der Waals surface area contributed by atoms with Crippen LogP contribution in [0, 0.1) is 22.7 Å². The summed E-state index contributed by atoms with van der Waals surface area (Å²) in [5, 5.41) is 0. The quantitative estimate of drug-likeness (QED) is 0.421. The van der Waals surface area contributed by atoms with Gasteiger partial charge in [0.2, 0.25) is 0 Å². The van der Waals surface area contributed by atoms with Crippen LogP contribution in [0.3, 0.4) is 0 Å². The molecule has 0 aromatic carbocycles. The lowest BCUT2D eigenvalue weighted by Crippen LogP contribution is -2.18. The van der Waals surface area contributed by atoms with Gasteiger partial charge in [0.1, 0.15) is 0 Å². The second kappa shape index (κ2) is 7.38. The number of rotatable bonds is 0. The molecule has 2 atom stereocenters. The van der Waals surface area contributed by atoms with Crippen molar-refractivity contribution in [2.75, 3.05) is 0 Å². The van der Waals surface area contributed by atoms with Crippen LogP contribution in [-0.4, -0.2) is 0 Å². The zero-order valence-corrected chi connectivity index (χ0v) is 17.8. The minimum absolute atomic E-state index is 0.338. The molecule has 0 N–H and O–H groups in total. The fourth-order valence-corrected chi connectivity index (χ4v) is 5.24. The summed E-state index contributed by atoms with van der Waals surface area (Å²) in [4.78, 5) is 0. The first-order chi connectivity index (χ1) is 11.2. The maximum absolute atomic E-state index is 2.44. The van der Waals surface area contributed by atoms with E-state index in [4.69, 9.17) is 0 Å². The summed E-state index contributed by atoms with van der Waals surface area (Å²) in [6.45, 7) is 18.6. The van der Waals surface area contributed by atoms with Gasteiger partial charge in [0, 0.05) is 0 Å². The fourth-order valence-electron chi connectivity index (χ4n) is 5.24. The summed E-state index contributed by atoms with van der Waals surface area (Å²) < 4.78 is 0. The van der Waals surface area contributed by atoms with Crippen molar-refractivity contribution in [3.8, 4) is 0 Å². The van der Waals surface area contributed by atoms with Gasteiger partial charge < -0.3 is 0 Å². The van der Waals surface area contributed by atoms with E-state index in [0.717, 1.165) is 11.8 Å². The first-order valence-electron chi connectivity index (χ1n) is 10.7. The Hall–Kier alpha value is -0.520. The van der Waals surface area contributed by atoms with Crippen LogP contribution in [0.5, 0.6) is 0 Å². The van der Waals surface area contributed by atoms with Gasteiger partial charge in [-0.3, -0.25) is 0 Å². The molecule has 0 heterocycles. The third-order valence-corrected chi connectivity index (χ3v) is 6.42. The highest BCUT2D eigenvalue weighted by atomic mass is 14.5. The van der Waals surface area contributed by atoms with Crippen LogP contribution in [0.1, 0.15) is 107 Å². The van der Waals surface area contributed by atoms with Gasteiger partial charge in [-0.2, -0.15) is 0 Å². The van der Waals surface area contributed by atoms with Crippen molar-refractivity contribution in [3.05, 3.63) is 22.3 Å². The molecule has 0 aliphatic heterocycles. The van der Waals surface area contributed by atoms with Gasteiger partial charge in [0.15, 0.2) is 0 Å². The smallest absolute Gasteiger partial charge is 0.00860 e. The topological polar surface area (TPSA) is 0 Å². The zero-order valence-electron chi connectivity index (χ0n) is 17.8. The average Bonchev–Trinajstić information content (AvgIpc) is 2.97. The molecule has 138 valence electrons. The normalized spacial score (nSPS) is 28.0. The van der Waals surface area contributed by atoms with Crippen molar-refractivity contribution < 1.29 is 0 Å². The molecule has 3 aliphatic carbocycles. The second-order valence-electron chi connectivity index (χ2n) is 10.1. The second-order valence-corrected chi connectivity index (χ2v) is 10.1. The molecule has 0 heteroatoms. The van der Waals surface area contributed by atoms with Crippen LogP contribution in [0.25, 0.3) is 0 Å². The highest BCUT2D eigenvalue weighted by molar-refractivity contribution is 5.55. The Kier molecular flexibility index (Phi) is 6.09. The zero-order chi connectivity index (χ0) is 18.1. The third kappa shape index (κ3) is 3.83. The van der Waals surface area contributed by atoms with Crippen LogP contribution in [-0.2, 0) is 0 Å². The van der Waals surface area contributed by atoms with Crippen molar-refractivity contribution >= 4 is 0 Å². The lowest BCUT2D eigenvalue weighted by atomic mass is 9.75. The maximum atomic E-state index is 2.44. The van der Waals surface area contributed by atoms with Crippen molar-refractivity contribution in [1.29, 1.82) is 0 Å². The van der Waals surface area contributed by atoms with E-state index >= 15 is 0 Å². The van der Waals surface area contributed by atoms with E-state index in [1.807, 2.05) is 25.0 Å². The molecular weight excluding hydrogens is 288 g/mol. The van der Waals surface area contributed by atoms with Crippen molar-refractivity contribution in [1.82, 2.24) is 0 Å². The maximum Gasteiger partial charge on any atom is -0.00860 e.